The topological polar surface area (TPSA) is 13.1 Å². The van der Waals surface area contributed by atoms with Crippen LogP contribution in [0.3, 0.4) is 0 Å². The number of hydrogen-bond donors (Lipinski definition) is 0. The largest absolute Gasteiger partial charge is 0.427 e. The second-order valence-corrected chi connectivity index (χ2v) is 19.5. The van der Waals surface area contributed by atoms with E-state index in [9.17, 15) is 0 Å². The highest BCUT2D eigenvalue weighted by Gasteiger charge is 2.59. The predicted molar refractivity (Wildman–Crippen MR) is 251 cm³/mol. The van der Waals surface area contributed by atoms with Gasteiger partial charge < -0.3 is 4.74 Å². The van der Waals surface area contributed by atoms with E-state index in [-0.39, 0.29) is 16.7 Å². The zero-order chi connectivity index (χ0) is 41.7. The molecule has 2 unspecified atom stereocenters. The molecule has 3 aliphatic rings. The molecule has 0 amide bonds. The SMILES string of the molecule is CC(C)(C)c1ccc(C2Cc3ccccc3OC34Cc5c(cccc52)-c2cc(C(C)(C)C)cc(c23)-c2cc(-c3ccc(-c5ccccc5)cc3)cc[n+]24)c(-c2ccccc2)c1. The minimum absolute atomic E-state index is 0.0178. The highest BCUT2D eigenvalue weighted by molar-refractivity contribution is 5.87. The lowest BCUT2D eigenvalue weighted by molar-refractivity contribution is -0.774. The van der Waals surface area contributed by atoms with Crippen LogP contribution in [0, 0.1) is 0 Å². The lowest BCUT2D eigenvalue weighted by atomic mass is 9.71. The maximum atomic E-state index is 7.77. The molecular weight excluding hydrogens is 739 g/mol. The van der Waals surface area contributed by atoms with Crippen LogP contribution in [0.2, 0.25) is 0 Å². The summed E-state index contributed by atoms with van der Waals surface area (Å²) in [6.45, 7) is 14.0. The molecule has 2 nitrogen and oxygen atoms in total. The fraction of sp³-hybridized carbons (Fsp3) is 0.203. The molecule has 2 aliphatic heterocycles. The summed E-state index contributed by atoms with van der Waals surface area (Å²) in [6.07, 6.45) is 3.85. The van der Waals surface area contributed by atoms with Crippen LogP contribution in [0.1, 0.15) is 86.4 Å². The summed E-state index contributed by atoms with van der Waals surface area (Å²) in [4.78, 5) is 0. The smallest absolute Gasteiger partial charge is 0.344 e. The van der Waals surface area contributed by atoms with Crippen LogP contribution in [0.25, 0.3) is 55.8 Å². The van der Waals surface area contributed by atoms with Gasteiger partial charge in [0.05, 0.1) is 17.5 Å². The van der Waals surface area contributed by atoms with Crippen molar-refractivity contribution in [3.05, 3.63) is 215 Å². The molecular formula is C59H52NO+. The molecule has 3 heterocycles. The van der Waals surface area contributed by atoms with Crippen LogP contribution in [0.5, 0.6) is 5.75 Å². The van der Waals surface area contributed by atoms with Gasteiger partial charge in [0.1, 0.15) is 5.75 Å². The molecule has 2 heteroatoms. The Balaban J connectivity index is 1.16. The van der Waals surface area contributed by atoms with E-state index in [0.717, 1.165) is 18.6 Å². The van der Waals surface area contributed by atoms with Gasteiger partial charge in [-0.05, 0) is 113 Å². The summed E-state index contributed by atoms with van der Waals surface area (Å²) in [5, 5.41) is 0. The van der Waals surface area contributed by atoms with Crippen molar-refractivity contribution < 1.29 is 9.30 Å². The van der Waals surface area contributed by atoms with Crippen LogP contribution in [-0.4, -0.2) is 0 Å². The molecule has 0 saturated carbocycles. The molecule has 1 aromatic heterocycles. The third-order valence-corrected chi connectivity index (χ3v) is 13.7. The molecule has 0 radical (unpaired) electrons. The lowest BCUT2D eigenvalue weighted by Gasteiger charge is -2.35. The summed E-state index contributed by atoms with van der Waals surface area (Å²) in [5.41, 5.74) is 20.9. The molecule has 61 heavy (non-hydrogen) atoms. The molecule has 11 rings (SSSR count). The van der Waals surface area contributed by atoms with Crippen molar-refractivity contribution in [3.63, 3.8) is 0 Å². The van der Waals surface area contributed by atoms with Crippen LogP contribution in [0.4, 0.5) is 0 Å². The first-order valence-electron chi connectivity index (χ1n) is 22.0. The molecule has 298 valence electrons. The molecule has 2 bridgehead atoms. The quantitative estimate of drug-likeness (QED) is 0.162. The Hall–Kier alpha value is -6.51. The van der Waals surface area contributed by atoms with Crippen molar-refractivity contribution in [1.82, 2.24) is 0 Å². The number of aromatic nitrogens is 1. The molecule has 0 saturated heterocycles. The van der Waals surface area contributed by atoms with Crippen LogP contribution < -0.4 is 9.30 Å². The Bertz CT molecular complexity index is 3000. The lowest BCUT2D eigenvalue weighted by Crippen LogP contribution is -2.61. The van der Waals surface area contributed by atoms with E-state index in [1.165, 1.54) is 94.7 Å². The third kappa shape index (κ3) is 6.10. The Morgan fingerprint density at radius 3 is 1.84 bits per heavy atom. The average molecular weight is 791 g/mol. The van der Waals surface area contributed by atoms with Crippen LogP contribution in [-0.2, 0) is 29.4 Å². The fourth-order valence-electron chi connectivity index (χ4n) is 10.4. The van der Waals surface area contributed by atoms with E-state index in [1.54, 1.807) is 0 Å². The molecule has 2 atom stereocenters. The van der Waals surface area contributed by atoms with Gasteiger partial charge in [0.25, 0.3) is 0 Å². The van der Waals surface area contributed by atoms with E-state index in [4.69, 9.17) is 4.74 Å². The highest BCUT2D eigenvalue weighted by atomic mass is 16.5. The Kier molecular flexibility index (Phi) is 8.46. The zero-order valence-electron chi connectivity index (χ0n) is 36.1. The average Bonchev–Trinajstić information content (AvgIpc) is 3.57. The van der Waals surface area contributed by atoms with Crippen molar-refractivity contribution in [1.29, 1.82) is 0 Å². The molecule has 0 N–H and O–H groups in total. The number of hydrogen-bond acceptors (Lipinski definition) is 1. The van der Waals surface area contributed by atoms with Crippen LogP contribution >= 0.6 is 0 Å². The van der Waals surface area contributed by atoms with Crippen LogP contribution in [0.15, 0.2) is 176 Å². The number of pyridine rings is 1. The van der Waals surface area contributed by atoms with E-state index in [2.05, 4.69) is 222 Å². The summed E-state index contributed by atoms with van der Waals surface area (Å²) < 4.78 is 10.2. The van der Waals surface area contributed by atoms with Crippen molar-refractivity contribution >= 4 is 0 Å². The van der Waals surface area contributed by atoms with Crippen molar-refractivity contribution in [3.8, 4) is 61.5 Å². The molecule has 8 aromatic rings. The maximum Gasteiger partial charge on any atom is 0.344 e. The van der Waals surface area contributed by atoms with Crippen molar-refractivity contribution in [2.75, 3.05) is 0 Å². The van der Waals surface area contributed by atoms with Gasteiger partial charge in [-0.15, -0.1) is 0 Å². The second-order valence-electron chi connectivity index (χ2n) is 19.5. The first-order chi connectivity index (χ1) is 29.5. The van der Waals surface area contributed by atoms with Crippen molar-refractivity contribution in [2.45, 2.75) is 76.9 Å². The first kappa shape index (κ1) is 37.5. The number of benzene rings is 7. The molecule has 7 aromatic carbocycles. The van der Waals surface area contributed by atoms with E-state index in [1.807, 2.05) is 0 Å². The Morgan fingerprint density at radius 1 is 0.492 bits per heavy atom. The summed E-state index contributed by atoms with van der Waals surface area (Å²) >= 11 is 0. The highest BCUT2D eigenvalue weighted by Crippen LogP contribution is 2.55. The van der Waals surface area contributed by atoms with Gasteiger partial charge in [-0.3, -0.25) is 0 Å². The fourth-order valence-corrected chi connectivity index (χ4v) is 10.4. The van der Waals surface area contributed by atoms with Gasteiger partial charge >= 0.3 is 5.72 Å². The third-order valence-electron chi connectivity index (χ3n) is 13.7. The molecule has 0 fully saturated rings. The van der Waals surface area contributed by atoms with Gasteiger partial charge in [0.15, 0.2) is 6.20 Å². The minimum atomic E-state index is -0.779. The van der Waals surface area contributed by atoms with Gasteiger partial charge in [0.2, 0.25) is 5.69 Å². The van der Waals surface area contributed by atoms with Gasteiger partial charge in [-0.2, -0.15) is 4.57 Å². The standard InChI is InChI=1S/C59H52NO/c1-57(2,3)44-28-29-48(49(34-44)41-18-11-8-12-19-41)50-32-43-20-13-14-23-55(43)61-59-37-53-46(50)21-15-22-47(53)51-35-45(58(4,5)6)36-52(56(51)59)54-33-42(30-31-60(54)59)40-26-24-39(25-27-40)38-16-9-7-10-17-38/h7-31,33-36,50H,32,37H2,1-6H3/q+1. The maximum absolute atomic E-state index is 7.77. The normalized spacial score (nSPS) is 17.2. The monoisotopic (exact) mass is 790 g/mol. The first-order valence-corrected chi connectivity index (χ1v) is 22.0. The van der Waals surface area contributed by atoms with Gasteiger partial charge in [0, 0.05) is 18.1 Å². The molecule has 1 spiro atoms. The number of nitrogens with zero attached hydrogens (tertiary/aromatic N) is 1. The summed E-state index contributed by atoms with van der Waals surface area (Å²) in [7, 11) is 0. The summed E-state index contributed by atoms with van der Waals surface area (Å²) in [5.74, 6) is 1.05. The summed E-state index contributed by atoms with van der Waals surface area (Å²) in [6, 6.07) is 63.5. The number of fused-ring (bicyclic) bond motifs is 4. The number of para-hydroxylation sites is 1. The zero-order valence-corrected chi connectivity index (χ0v) is 36.1. The number of ether oxygens (including phenoxy) is 1. The Morgan fingerprint density at radius 2 is 1.11 bits per heavy atom. The second kappa shape index (κ2) is 13.8. The predicted octanol–water partition coefficient (Wildman–Crippen LogP) is 14.2. The van der Waals surface area contributed by atoms with E-state index < -0.39 is 5.72 Å². The van der Waals surface area contributed by atoms with Gasteiger partial charge in [-0.25, -0.2) is 0 Å². The van der Waals surface area contributed by atoms with Crippen molar-refractivity contribution in [2.24, 2.45) is 0 Å². The number of rotatable bonds is 4. The molecule has 1 aliphatic carbocycles. The minimum Gasteiger partial charge on any atom is -0.427 e. The van der Waals surface area contributed by atoms with Gasteiger partial charge in [-0.1, -0.05) is 181 Å². The van der Waals surface area contributed by atoms with E-state index in [0.29, 0.717) is 0 Å². The van der Waals surface area contributed by atoms with E-state index >= 15 is 0 Å². The Labute approximate surface area is 361 Å².